The number of hydrogen-bond donors (Lipinski definition) is 1. The number of piperidine rings is 1. The van der Waals surface area contributed by atoms with Crippen LogP contribution in [0.5, 0.6) is 5.75 Å². The van der Waals surface area contributed by atoms with Gasteiger partial charge < -0.3 is 10.5 Å². The predicted molar refractivity (Wildman–Crippen MR) is 75.2 cm³/mol. The minimum absolute atomic E-state index is 0.657. The van der Waals surface area contributed by atoms with Crippen molar-refractivity contribution in [3.63, 3.8) is 0 Å². The van der Waals surface area contributed by atoms with E-state index in [1.807, 2.05) is 24.3 Å². The van der Waals surface area contributed by atoms with Crippen LogP contribution in [0, 0.1) is 5.92 Å². The standard InChI is InChI=1S/C14H21ClN2O/c15-13-4-1-5-14(9-13)18-8-7-17-6-2-3-12(10-16)11-17/h1,4-5,9,12H,2-3,6-8,10-11,16H2. The highest BCUT2D eigenvalue weighted by Crippen LogP contribution is 2.18. The summed E-state index contributed by atoms with van der Waals surface area (Å²) in [5.74, 6) is 1.50. The molecule has 1 saturated heterocycles. The summed E-state index contributed by atoms with van der Waals surface area (Å²) in [7, 11) is 0. The third kappa shape index (κ3) is 4.16. The molecular weight excluding hydrogens is 248 g/mol. The molecule has 1 unspecified atom stereocenters. The van der Waals surface area contributed by atoms with Gasteiger partial charge in [-0.15, -0.1) is 0 Å². The topological polar surface area (TPSA) is 38.5 Å². The summed E-state index contributed by atoms with van der Waals surface area (Å²) in [5.41, 5.74) is 5.73. The Balaban J connectivity index is 1.72. The average Bonchev–Trinajstić information content (AvgIpc) is 2.39. The molecule has 2 rings (SSSR count). The Morgan fingerprint density at radius 1 is 1.44 bits per heavy atom. The van der Waals surface area contributed by atoms with E-state index in [0.29, 0.717) is 17.5 Å². The van der Waals surface area contributed by atoms with Crippen LogP contribution in [-0.4, -0.2) is 37.7 Å². The lowest BCUT2D eigenvalue weighted by atomic mass is 9.98. The molecule has 0 bridgehead atoms. The van der Waals surface area contributed by atoms with Crippen LogP contribution in [0.2, 0.25) is 5.02 Å². The van der Waals surface area contributed by atoms with E-state index in [1.54, 1.807) is 0 Å². The number of nitrogens with two attached hydrogens (primary N) is 1. The molecule has 100 valence electrons. The van der Waals surface area contributed by atoms with E-state index >= 15 is 0 Å². The van der Waals surface area contributed by atoms with Crippen molar-refractivity contribution in [3.05, 3.63) is 29.3 Å². The van der Waals surface area contributed by atoms with Gasteiger partial charge in [-0.25, -0.2) is 0 Å². The van der Waals surface area contributed by atoms with Gasteiger partial charge in [0, 0.05) is 18.1 Å². The minimum Gasteiger partial charge on any atom is -0.492 e. The molecule has 18 heavy (non-hydrogen) atoms. The SMILES string of the molecule is NCC1CCCN(CCOc2cccc(Cl)c2)C1. The van der Waals surface area contributed by atoms with E-state index in [0.717, 1.165) is 31.9 Å². The number of hydrogen-bond acceptors (Lipinski definition) is 3. The van der Waals surface area contributed by atoms with Crippen molar-refractivity contribution in [2.24, 2.45) is 11.7 Å². The van der Waals surface area contributed by atoms with Gasteiger partial charge in [-0.05, 0) is 50.0 Å². The molecule has 4 heteroatoms. The van der Waals surface area contributed by atoms with Gasteiger partial charge in [0.2, 0.25) is 0 Å². The van der Waals surface area contributed by atoms with E-state index in [1.165, 1.54) is 12.8 Å². The van der Waals surface area contributed by atoms with Gasteiger partial charge in [0.15, 0.2) is 0 Å². The Morgan fingerprint density at radius 3 is 3.11 bits per heavy atom. The van der Waals surface area contributed by atoms with Crippen LogP contribution in [0.25, 0.3) is 0 Å². The van der Waals surface area contributed by atoms with E-state index < -0.39 is 0 Å². The van der Waals surface area contributed by atoms with Gasteiger partial charge in [-0.2, -0.15) is 0 Å². The second-order valence-corrected chi connectivity index (χ2v) is 5.29. The van der Waals surface area contributed by atoms with Crippen molar-refractivity contribution in [2.45, 2.75) is 12.8 Å². The highest BCUT2D eigenvalue weighted by molar-refractivity contribution is 6.30. The Labute approximate surface area is 114 Å². The molecule has 0 radical (unpaired) electrons. The molecule has 0 aromatic heterocycles. The second-order valence-electron chi connectivity index (χ2n) is 4.85. The second kappa shape index (κ2) is 6.98. The minimum atomic E-state index is 0.657. The van der Waals surface area contributed by atoms with Gasteiger partial charge in [0.05, 0.1) is 0 Å². The first kappa shape index (κ1) is 13.7. The van der Waals surface area contributed by atoms with Gasteiger partial charge in [0.1, 0.15) is 12.4 Å². The Bertz CT molecular complexity index is 373. The Morgan fingerprint density at radius 2 is 2.33 bits per heavy atom. The van der Waals surface area contributed by atoms with Crippen LogP contribution in [0.3, 0.4) is 0 Å². The van der Waals surface area contributed by atoms with Crippen molar-refractivity contribution in [1.29, 1.82) is 0 Å². The maximum atomic E-state index is 5.91. The van der Waals surface area contributed by atoms with Gasteiger partial charge >= 0.3 is 0 Å². The molecule has 1 aliphatic heterocycles. The zero-order valence-corrected chi connectivity index (χ0v) is 11.4. The van der Waals surface area contributed by atoms with Crippen molar-refractivity contribution in [3.8, 4) is 5.75 Å². The molecular formula is C14H21ClN2O. The fourth-order valence-corrected chi connectivity index (χ4v) is 2.58. The fourth-order valence-electron chi connectivity index (χ4n) is 2.40. The lowest BCUT2D eigenvalue weighted by molar-refractivity contribution is 0.149. The molecule has 1 heterocycles. The monoisotopic (exact) mass is 268 g/mol. The lowest BCUT2D eigenvalue weighted by Gasteiger charge is -2.31. The molecule has 1 fully saturated rings. The summed E-state index contributed by atoms with van der Waals surface area (Å²) < 4.78 is 5.70. The quantitative estimate of drug-likeness (QED) is 0.891. The predicted octanol–water partition coefficient (Wildman–Crippen LogP) is 2.39. The molecule has 1 atom stereocenters. The molecule has 1 aromatic carbocycles. The fraction of sp³-hybridized carbons (Fsp3) is 0.571. The van der Waals surface area contributed by atoms with Gasteiger partial charge in [-0.3, -0.25) is 4.90 Å². The molecule has 1 aliphatic rings. The Hall–Kier alpha value is -0.770. The molecule has 0 aliphatic carbocycles. The zero-order chi connectivity index (χ0) is 12.8. The maximum Gasteiger partial charge on any atom is 0.120 e. The van der Waals surface area contributed by atoms with Crippen LogP contribution in [0.4, 0.5) is 0 Å². The van der Waals surface area contributed by atoms with Gasteiger partial charge in [0.25, 0.3) is 0 Å². The number of rotatable bonds is 5. The number of likely N-dealkylation sites (tertiary alicyclic amines) is 1. The molecule has 2 N–H and O–H groups in total. The summed E-state index contributed by atoms with van der Waals surface area (Å²) in [4.78, 5) is 2.44. The van der Waals surface area contributed by atoms with Crippen molar-refractivity contribution in [1.82, 2.24) is 4.90 Å². The summed E-state index contributed by atoms with van der Waals surface area (Å²) in [5, 5.41) is 0.716. The van der Waals surface area contributed by atoms with E-state index in [2.05, 4.69) is 4.90 Å². The van der Waals surface area contributed by atoms with Crippen LogP contribution in [0.15, 0.2) is 24.3 Å². The highest BCUT2D eigenvalue weighted by Gasteiger charge is 2.18. The van der Waals surface area contributed by atoms with Crippen molar-refractivity contribution < 1.29 is 4.74 Å². The van der Waals surface area contributed by atoms with Crippen LogP contribution in [-0.2, 0) is 0 Å². The number of benzene rings is 1. The van der Waals surface area contributed by atoms with Crippen molar-refractivity contribution >= 4 is 11.6 Å². The lowest BCUT2D eigenvalue weighted by Crippen LogP contribution is -2.40. The largest absolute Gasteiger partial charge is 0.492 e. The van der Waals surface area contributed by atoms with Gasteiger partial charge in [-0.1, -0.05) is 17.7 Å². The van der Waals surface area contributed by atoms with Crippen molar-refractivity contribution in [2.75, 3.05) is 32.8 Å². The third-order valence-electron chi connectivity index (χ3n) is 3.41. The molecule has 0 saturated carbocycles. The molecule has 1 aromatic rings. The molecule has 0 amide bonds. The first-order valence-electron chi connectivity index (χ1n) is 6.58. The number of nitrogens with zero attached hydrogens (tertiary/aromatic N) is 1. The van der Waals surface area contributed by atoms with Crippen LogP contribution < -0.4 is 10.5 Å². The van der Waals surface area contributed by atoms with E-state index in [9.17, 15) is 0 Å². The maximum absolute atomic E-state index is 5.91. The van der Waals surface area contributed by atoms with E-state index in [4.69, 9.17) is 22.1 Å². The summed E-state index contributed by atoms with van der Waals surface area (Å²) in [6, 6.07) is 7.54. The van der Waals surface area contributed by atoms with E-state index in [-0.39, 0.29) is 0 Å². The summed E-state index contributed by atoms with van der Waals surface area (Å²) >= 11 is 5.91. The van der Waals surface area contributed by atoms with Crippen LogP contribution in [0.1, 0.15) is 12.8 Å². The third-order valence-corrected chi connectivity index (χ3v) is 3.64. The Kier molecular flexibility index (Phi) is 5.29. The number of ether oxygens (including phenoxy) is 1. The highest BCUT2D eigenvalue weighted by atomic mass is 35.5. The summed E-state index contributed by atoms with van der Waals surface area (Å²) in [6.45, 7) is 4.73. The first-order valence-corrected chi connectivity index (χ1v) is 6.96. The smallest absolute Gasteiger partial charge is 0.120 e. The molecule has 3 nitrogen and oxygen atoms in total. The normalized spacial score (nSPS) is 20.9. The summed E-state index contributed by atoms with van der Waals surface area (Å²) in [6.07, 6.45) is 2.52. The average molecular weight is 269 g/mol. The first-order chi connectivity index (χ1) is 8.78. The molecule has 0 spiro atoms. The van der Waals surface area contributed by atoms with Crippen LogP contribution >= 0.6 is 11.6 Å². The number of halogens is 1. The zero-order valence-electron chi connectivity index (χ0n) is 10.6.